The van der Waals surface area contributed by atoms with Crippen LogP contribution in [0.2, 0.25) is 0 Å². The average molecular weight is 206 g/mol. The molecule has 0 unspecified atom stereocenters. The highest BCUT2D eigenvalue weighted by Gasteiger charge is 1.99. The molecular formula is C13H22N2. The summed E-state index contributed by atoms with van der Waals surface area (Å²) in [5.41, 5.74) is 7.87. The van der Waals surface area contributed by atoms with Gasteiger partial charge in [0, 0.05) is 5.69 Å². The Labute approximate surface area is 93.1 Å². The standard InChI is InChI=1S/C13H22N2/c1-3-15(4-2)11-5-6-12-7-9-13(14)10-8-12/h7-10H,3-6,11,14H2,1-2H3. The number of hydrogen-bond donors (Lipinski definition) is 1. The molecule has 0 atom stereocenters. The molecule has 2 nitrogen and oxygen atoms in total. The fourth-order valence-electron chi connectivity index (χ4n) is 1.73. The Balaban J connectivity index is 2.28. The molecule has 0 spiro atoms. The van der Waals surface area contributed by atoms with Crippen molar-refractivity contribution in [3.63, 3.8) is 0 Å². The molecule has 2 heteroatoms. The van der Waals surface area contributed by atoms with Crippen LogP contribution in [0.5, 0.6) is 0 Å². The summed E-state index contributed by atoms with van der Waals surface area (Å²) in [4.78, 5) is 2.46. The van der Waals surface area contributed by atoms with Crippen LogP contribution in [0, 0.1) is 0 Å². The first-order chi connectivity index (χ1) is 7.26. The Bertz CT molecular complexity index is 262. The van der Waals surface area contributed by atoms with Gasteiger partial charge in [0.25, 0.3) is 0 Å². The predicted octanol–water partition coefficient (Wildman–Crippen LogP) is 2.54. The normalized spacial score (nSPS) is 10.9. The van der Waals surface area contributed by atoms with E-state index in [0.29, 0.717) is 0 Å². The lowest BCUT2D eigenvalue weighted by Gasteiger charge is -2.17. The number of hydrogen-bond acceptors (Lipinski definition) is 2. The summed E-state index contributed by atoms with van der Waals surface area (Å²) in [6.45, 7) is 7.92. The van der Waals surface area contributed by atoms with Gasteiger partial charge in [0.1, 0.15) is 0 Å². The van der Waals surface area contributed by atoms with Gasteiger partial charge in [-0.05, 0) is 50.2 Å². The maximum Gasteiger partial charge on any atom is 0.0314 e. The zero-order valence-corrected chi connectivity index (χ0v) is 9.87. The molecule has 0 saturated heterocycles. The summed E-state index contributed by atoms with van der Waals surface area (Å²) >= 11 is 0. The van der Waals surface area contributed by atoms with E-state index in [2.05, 4.69) is 30.9 Å². The highest BCUT2D eigenvalue weighted by molar-refractivity contribution is 5.39. The Hall–Kier alpha value is -1.02. The molecule has 0 heterocycles. The van der Waals surface area contributed by atoms with E-state index in [1.54, 1.807) is 0 Å². The van der Waals surface area contributed by atoms with Crippen molar-refractivity contribution in [1.29, 1.82) is 0 Å². The third-order valence-corrected chi connectivity index (χ3v) is 2.81. The zero-order chi connectivity index (χ0) is 11.1. The molecule has 1 aromatic rings. The van der Waals surface area contributed by atoms with Crippen molar-refractivity contribution in [3.05, 3.63) is 29.8 Å². The van der Waals surface area contributed by atoms with Crippen molar-refractivity contribution in [3.8, 4) is 0 Å². The summed E-state index contributed by atoms with van der Waals surface area (Å²) in [7, 11) is 0. The minimum absolute atomic E-state index is 0.850. The third-order valence-electron chi connectivity index (χ3n) is 2.81. The highest BCUT2D eigenvalue weighted by Crippen LogP contribution is 2.08. The Morgan fingerprint density at radius 3 is 2.20 bits per heavy atom. The van der Waals surface area contributed by atoms with Gasteiger partial charge < -0.3 is 10.6 Å². The molecule has 0 aliphatic heterocycles. The summed E-state index contributed by atoms with van der Waals surface area (Å²) < 4.78 is 0. The lowest BCUT2D eigenvalue weighted by atomic mass is 10.1. The minimum Gasteiger partial charge on any atom is -0.399 e. The summed E-state index contributed by atoms with van der Waals surface area (Å²) in [6.07, 6.45) is 2.38. The van der Waals surface area contributed by atoms with Gasteiger partial charge in [0.2, 0.25) is 0 Å². The lowest BCUT2D eigenvalue weighted by Crippen LogP contribution is -2.24. The average Bonchev–Trinajstić information content (AvgIpc) is 2.27. The van der Waals surface area contributed by atoms with Gasteiger partial charge >= 0.3 is 0 Å². The third kappa shape index (κ3) is 4.34. The van der Waals surface area contributed by atoms with Crippen LogP contribution < -0.4 is 5.73 Å². The van der Waals surface area contributed by atoms with E-state index in [-0.39, 0.29) is 0 Å². The van der Waals surface area contributed by atoms with Crippen LogP contribution in [-0.4, -0.2) is 24.5 Å². The van der Waals surface area contributed by atoms with Gasteiger partial charge in [0.05, 0.1) is 0 Å². The molecule has 1 rings (SSSR count). The quantitative estimate of drug-likeness (QED) is 0.725. The Morgan fingerprint density at radius 2 is 1.67 bits per heavy atom. The molecule has 1 aromatic carbocycles. The SMILES string of the molecule is CCN(CC)CCCc1ccc(N)cc1. The smallest absolute Gasteiger partial charge is 0.0314 e. The topological polar surface area (TPSA) is 29.3 Å². The van der Waals surface area contributed by atoms with Gasteiger partial charge in [0.15, 0.2) is 0 Å². The molecule has 0 saturated carbocycles. The number of nitrogen functional groups attached to an aromatic ring is 1. The van der Waals surface area contributed by atoms with E-state index in [1.165, 1.54) is 18.5 Å². The molecule has 0 fully saturated rings. The maximum absolute atomic E-state index is 5.64. The molecule has 0 bridgehead atoms. The number of anilines is 1. The van der Waals surface area contributed by atoms with Crippen LogP contribution in [-0.2, 0) is 6.42 Å². The molecule has 15 heavy (non-hydrogen) atoms. The van der Waals surface area contributed by atoms with E-state index in [4.69, 9.17) is 5.73 Å². The Kier molecular flexibility index (Phi) is 5.19. The summed E-state index contributed by atoms with van der Waals surface area (Å²) in [5, 5.41) is 0. The second-order valence-corrected chi connectivity index (χ2v) is 3.87. The molecule has 0 amide bonds. The number of benzene rings is 1. The number of nitrogens with zero attached hydrogens (tertiary/aromatic N) is 1. The molecule has 0 aliphatic carbocycles. The fourth-order valence-corrected chi connectivity index (χ4v) is 1.73. The molecule has 0 aliphatic rings. The molecular weight excluding hydrogens is 184 g/mol. The van der Waals surface area contributed by atoms with Crippen LogP contribution in [0.25, 0.3) is 0 Å². The minimum atomic E-state index is 0.850. The lowest BCUT2D eigenvalue weighted by molar-refractivity contribution is 0.300. The molecule has 0 radical (unpaired) electrons. The van der Waals surface area contributed by atoms with Crippen LogP contribution in [0.3, 0.4) is 0 Å². The van der Waals surface area contributed by atoms with Gasteiger partial charge in [-0.2, -0.15) is 0 Å². The first-order valence-electron chi connectivity index (χ1n) is 5.83. The van der Waals surface area contributed by atoms with Gasteiger partial charge in [-0.3, -0.25) is 0 Å². The monoisotopic (exact) mass is 206 g/mol. The van der Waals surface area contributed by atoms with Gasteiger partial charge in [-0.15, -0.1) is 0 Å². The molecule has 84 valence electrons. The number of rotatable bonds is 6. The highest BCUT2D eigenvalue weighted by atomic mass is 15.1. The van der Waals surface area contributed by atoms with Crippen molar-refractivity contribution in [2.24, 2.45) is 0 Å². The second kappa shape index (κ2) is 6.46. The summed E-state index contributed by atoms with van der Waals surface area (Å²) in [6, 6.07) is 8.20. The van der Waals surface area contributed by atoms with E-state index >= 15 is 0 Å². The van der Waals surface area contributed by atoms with E-state index in [1.807, 2.05) is 12.1 Å². The first-order valence-corrected chi connectivity index (χ1v) is 5.83. The van der Waals surface area contributed by atoms with Crippen molar-refractivity contribution in [2.75, 3.05) is 25.4 Å². The van der Waals surface area contributed by atoms with Crippen molar-refractivity contribution < 1.29 is 0 Å². The van der Waals surface area contributed by atoms with Gasteiger partial charge in [-0.1, -0.05) is 26.0 Å². The van der Waals surface area contributed by atoms with Crippen LogP contribution in [0.1, 0.15) is 25.8 Å². The van der Waals surface area contributed by atoms with Gasteiger partial charge in [-0.25, -0.2) is 0 Å². The van der Waals surface area contributed by atoms with Crippen molar-refractivity contribution >= 4 is 5.69 Å². The number of nitrogens with two attached hydrogens (primary N) is 1. The van der Waals surface area contributed by atoms with E-state index in [0.717, 1.165) is 25.2 Å². The molecule has 2 N–H and O–H groups in total. The fraction of sp³-hybridized carbons (Fsp3) is 0.538. The molecule has 0 aromatic heterocycles. The Morgan fingerprint density at radius 1 is 1.07 bits per heavy atom. The van der Waals surface area contributed by atoms with Crippen LogP contribution in [0.4, 0.5) is 5.69 Å². The maximum atomic E-state index is 5.64. The number of aryl methyl sites for hydroxylation is 1. The summed E-state index contributed by atoms with van der Waals surface area (Å²) in [5.74, 6) is 0. The van der Waals surface area contributed by atoms with E-state index in [9.17, 15) is 0 Å². The largest absolute Gasteiger partial charge is 0.399 e. The second-order valence-electron chi connectivity index (χ2n) is 3.87. The zero-order valence-electron chi connectivity index (χ0n) is 9.87. The van der Waals surface area contributed by atoms with Crippen LogP contribution >= 0.6 is 0 Å². The van der Waals surface area contributed by atoms with Crippen LogP contribution in [0.15, 0.2) is 24.3 Å². The van der Waals surface area contributed by atoms with Crippen molar-refractivity contribution in [2.45, 2.75) is 26.7 Å². The first kappa shape index (κ1) is 12.1. The predicted molar refractivity (Wildman–Crippen MR) is 67.0 cm³/mol. The van der Waals surface area contributed by atoms with Crippen molar-refractivity contribution in [1.82, 2.24) is 4.90 Å². The van der Waals surface area contributed by atoms with E-state index < -0.39 is 0 Å².